The average Bonchev–Trinajstić information content (AvgIpc) is 3.42. The molecule has 0 saturated heterocycles. The van der Waals surface area contributed by atoms with Gasteiger partial charge in [0, 0.05) is 19.3 Å². The number of hydrogen-bond acceptors (Lipinski definition) is 3. The van der Waals surface area contributed by atoms with E-state index < -0.39 is 9.84 Å². The van der Waals surface area contributed by atoms with Gasteiger partial charge < -0.3 is 10.6 Å². The maximum atomic E-state index is 11.7. The van der Waals surface area contributed by atoms with Gasteiger partial charge in [0.05, 0.1) is 11.4 Å². The molecule has 2 saturated carbocycles. The Labute approximate surface area is 151 Å². The van der Waals surface area contributed by atoms with E-state index in [1.165, 1.54) is 31.9 Å². The van der Waals surface area contributed by atoms with E-state index in [0.29, 0.717) is 16.9 Å². The highest BCUT2D eigenvalue weighted by molar-refractivity contribution is 7.90. The highest BCUT2D eigenvalue weighted by atomic mass is 32.2. The standard InChI is InChI=1S/C19H29N3O2S/c1-4-20-18(22-13-19(9-10-19)16-6-7-16)21-12-15-5-8-17(14(2)11-15)25(3,23)24/h5,8,11,16H,4,6-7,9-10,12-13H2,1-3H3,(H2,20,21,22). The van der Waals surface area contributed by atoms with Crippen LogP contribution < -0.4 is 10.6 Å². The maximum Gasteiger partial charge on any atom is 0.191 e. The van der Waals surface area contributed by atoms with Gasteiger partial charge in [0.25, 0.3) is 0 Å². The molecule has 138 valence electrons. The fraction of sp³-hybridized carbons (Fsp3) is 0.632. The quantitative estimate of drug-likeness (QED) is 0.577. The molecule has 0 radical (unpaired) electrons. The average molecular weight is 364 g/mol. The summed E-state index contributed by atoms with van der Waals surface area (Å²) in [6.07, 6.45) is 6.71. The van der Waals surface area contributed by atoms with Gasteiger partial charge in [0.2, 0.25) is 0 Å². The van der Waals surface area contributed by atoms with E-state index in [0.717, 1.165) is 36.1 Å². The van der Waals surface area contributed by atoms with Gasteiger partial charge in [0.15, 0.2) is 15.8 Å². The van der Waals surface area contributed by atoms with Gasteiger partial charge in [-0.15, -0.1) is 0 Å². The third kappa shape index (κ3) is 4.54. The molecule has 5 nitrogen and oxygen atoms in total. The minimum atomic E-state index is -3.17. The van der Waals surface area contributed by atoms with Crippen molar-refractivity contribution in [3.63, 3.8) is 0 Å². The number of nitrogens with zero attached hydrogens (tertiary/aromatic N) is 1. The molecule has 2 N–H and O–H groups in total. The Balaban J connectivity index is 1.63. The van der Waals surface area contributed by atoms with Gasteiger partial charge >= 0.3 is 0 Å². The van der Waals surface area contributed by atoms with Gasteiger partial charge in [-0.05, 0) is 68.1 Å². The van der Waals surface area contributed by atoms with Crippen molar-refractivity contribution in [2.24, 2.45) is 16.3 Å². The summed E-state index contributed by atoms with van der Waals surface area (Å²) in [7, 11) is -3.17. The van der Waals surface area contributed by atoms with Crippen LogP contribution in [-0.4, -0.2) is 33.7 Å². The van der Waals surface area contributed by atoms with Crippen LogP contribution in [0.2, 0.25) is 0 Å². The van der Waals surface area contributed by atoms with Crippen molar-refractivity contribution in [1.29, 1.82) is 0 Å². The van der Waals surface area contributed by atoms with E-state index in [4.69, 9.17) is 0 Å². The number of aryl methyl sites for hydroxylation is 1. The predicted octanol–water partition coefficient (Wildman–Crippen LogP) is 2.64. The van der Waals surface area contributed by atoms with Crippen LogP contribution in [0.5, 0.6) is 0 Å². The lowest BCUT2D eigenvalue weighted by Gasteiger charge is -2.18. The van der Waals surface area contributed by atoms with Crippen LogP contribution in [0.3, 0.4) is 0 Å². The van der Waals surface area contributed by atoms with Crippen molar-refractivity contribution in [2.75, 3.05) is 19.3 Å². The molecule has 25 heavy (non-hydrogen) atoms. The van der Waals surface area contributed by atoms with E-state index in [-0.39, 0.29) is 0 Å². The number of sulfone groups is 1. The first-order valence-corrected chi connectivity index (χ1v) is 11.0. The lowest BCUT2D eigenvalue weighted by Crippen LogP contribution is -2.40. The zero-order valence-electron chi connectivity index (χ0n) is 15.4. The van der Waals surface area contributed by atoms with Gasteiger partial charge in [-0.3, -0.25) is 0 Å². The number of guanidine groups is 1. The summed E-state index contributed by atoms with van der Waals surface area (Å²) in [4.78, 5) is 5.07. The van der Waals surface area contributed by atoms with Crippen LogP contribution in [0.15, 0.2) is 28.1 Å². The SMILES string of the molecule is CCNC(=NCc1ccc(S(C)(=O)=O)c(C)c1)NCC1(C2CC2)CC1. The fourth-order valence-electron chi connectivity index (χ4n) is 3.58. The molecule has 0 heterocycles. The normalized spacial score (nSPS) is 19.6. The van der Waals surface area contributed by atoms with E-state index in [1.54, 1.807) is 6.07 Å². The van der Waals surface area contributed by atoms with E-state index >= 15 is 0 Å². The maximum absolute atomic E-state index is 11.7. The van der Waals surface area contributed by atoms with Gasteiger partial charge in [-0.25, -0.2) is 13.4 Å². The molecule has 2 fully saturated rings. The summed E-state index contributed by atoms with van der Waals surface area (Å²) >= 11 is 0. The summed E-state index contributed by atoms with van der Waals surface area (Å²) in [5, 5.41) is 6.81. The minimum absolute atomic E-state index is 0.394. The molecule has 1 aromatic carbocycles. The summed E-state index contributed by atoms with van der Waals surface area (Å²) in [6, 6.07) is 5.45. The third-order valence-corrected chi connectivity index (χ3v) is 6.60. The van der Waals surface area contributed by atoms with Crippen molar-refractivity contribution in [1.82, 2.24) is 10.6 Å². The van der Waals surface area contributed by atoms with E-state index in [2.05, 4.69) is 22.5 Å². The van der Waals surface area contributed by atoms with Crippen molar-refractivity contribution < 1.29 is 8.42 Å². The molecule has 3 rings (SSSR count). The lowest BCUT2D eigenvalue weighted by molar-refractivity contribution is 0.431. The summed E-state index contributed by atoms with van der Waals surface area (Å²) in [6.45, 7) is 6.27. The smallest absolute Gasteiger partial charge is 0.191 e. The molecular weight excluding hydrogens is 334 g/mol. The molecule has 0 unspecified atom stereocenters. The van der Waals surface area contributed by atoms with Gasteiger partial charge in [-0.1, -0.05) is 12.1 Å². The molecular formula is C19H29N3O2S. The zero-order valence-corrected chi connectivity index (χ0v) is 16.2. The van der Waals surface area contributed by atoms with Crippen molar-refractivity contribution in [3.05, 3.63) is 29.3 Å². The van der Waals surface area contributed by atoms with Crippen LogP contribution in [-0.2, 0) is 16.4 Å². The first kappa shape index (κ1) is 18.2. The van der Waals surface area contributed by atoms with Crippen LogP contribution in [0.1, 0.15) is 43.7 Å². The molecule has 0 atom stereocenters. The first-order chi connectivity index (χ1) is 11.8. The Bertz CT molecular complexity index is 763. The van der Waals surface area contributed by atoms with E-state index in [1.807, 2.05) is 19.1 Å². The Hall–Kier alpha value is -1.56. The number of aliphatic imine (C=N–C) groups is 1. The molecule has 2 aliphatic carbocycles. The number of nitrogens with one attached hydrogen (secondary N) is 2. The molecule has 0 aliphatic heterocycles. The Kier molecular flexibility index (Phi) is 5.09. The Morgan fingerprint density at radius 2 is 2.00 bits per heavy atom. The first-order valence-electron chi connectivity index (χ1n) is 9.16. The van der Waals surface area contributed by atoms with Crippen molar-refractivity contribution in [3.8, 4) is 0 Å². The lowest BCUT2D eigenvalue weighted by atomic mass is 10.0. The van der Waals surface area contributed by atoms with Crippen LogP contribution in [0.4, 0.5) is 0 Å². The van der Waals surface area contributed by atoms with Crippen molar-refractivity contribution in [2.45, 2.75) is 51.0 Å². The number of hydrogen-bond donors (Lipinski definition) is 2. The monoisotopic (exact) mass is 363 g/mol. The van der Waals surface area contributed by atoms with Crippen LogP contribution in [0, 0.1) is 18.3 Å². The summed E-state index contributed by atoms with van der Waals surface area (Å²) in [5.74, 6) is 1.77. The molecule has 0 amide bonds. The third-order valence-electron chi connectivity index (χ3n) is 5.35. The Morgan fingerprint density at radius 3 is 2.52 bits per heavy atom. The van der Waals surface area contributed by atoms with Crippen LogP contribution in [0.25, 0.3) is 0 Å². The minimum Gasteiger partial charge on any atom is -0.357 e. The predicted molar refractivity (Wildman–Crippen MR) is 101 cm³/mol. The highest BCUT2D eigenvalue weighted by Gasteiger charge is 2.53. The summed E-state index contributed by atoms with van der Waals surface area (Å²) in [5.41, 5.74) is 2.33. The number of rotatable bonds is 7. The van der Waals surface area contributed by atoms with Gasteiger partial charge in [0.1, 0.15) is 0 Å². The second kappa shape index (κ2) is 6.98. The molecule has 2 aliphatic rings. The van der Waals surface area contributed by atoms with Crippen LogP contribution >= 0.6 is 0 Å². The Morgan fingerprint density at radius 1 is 1.28 bits per heavy atom. The molecule has 6 heteroatoms. The zero-order chi connectivity index (χ0) is 18.1. The van der Waals surface area contributed by atoms with Crippen molar-refractivity contribution >= 4 is 15.8 Å². The second-order valence-corrected chi connectivity index (χ2v) is 9.54. The second-order valence-electron chi connectivity index (χ2n) is 7.56. The largest absolute Gasteiger partial charge is 0.357 e. The topological polar surface area (TPSA) is 70.6 Å². The summed E-state index contributed by atoms with van der Waals surface area (Å²) < 4.78 is 23.4. The number of benzene rings is 1. The van der Waals surface area contributed by atoms with E-state index in [9.17, 15) is 8.42 Å². The highest BCUT2D eigenvalue weighted by Crippen LogP contribution is 2.60. The molecule has 0 bridgehead atoms. The van der Waals surface area contributed by atoms with Gasteiger partial charge in [-0.2, -0.15) is 0 Å². The fourth-order valence-corrected chi connectivity index (χ4v) is 4.54. The molecule has 0 spiro atoms. The molecule has 0 aromatic heterocycles. The molecule has 1 aromatic rings.